The van der Waals surface area contributed by atoms with Crippen molar-refractivity contribution in [3.63, 3.8) is 0 Å². The summed E-state index contributed by atoms with van der Waals surface area (Å²) in [6.07, 6.45) is 0.938. The molecule has 4 heteroatoms. The van der Waals surface area contributed by atoms with Crippen molar-refractivity contribution >= 4 is 21.6 Å². The minimum absolute atomic E-state index is 0.0285. The third-order valence-corrected chi connectivity index (χ3v) is 3.18. The maximum absolute atomic E-state index is 9.29. The van der Waals surface area contributed by atoms with E-state index in [1.807, 2.05) is 18.2 Å². The molecule has 1 aromatic carbocycles. The zero-order valence-electron chi connectivity index (χ0n) is 9.66. The Bertz CT molecular complexity index is 331. The molecule has 1 atom stereocenters. The molecule has 0 aliphatic heterocycles. The first-order valence-electron chi connectivity index (χ1n) is 5.32. The van der Waals surface area contributed by atoms with Gasteiger partial charge in [-0.3, -0.25) is 0 Å². The molecule has 3 nitrogen and oxygen atoms in total. The third-order valence-electron chi connectivity index (χ3n) is 2.43. The Kier molecular flexibility index (Phi) is 5.80. The number of halogens is 1. The second kappa shape index (κ2) is 6.89. The van der Waals surface area contributed by atoms with Crippen LogP contribution in [0.2, 0.25) is 0 Å². The summed E-state index contributed by atoms with van der Waals surface area (Å²) in [7, 11) is 1.70. The summed E-state index contributed by atoms with van der Waals surface area (Å²) in [6.45, 7) is 2.86. The van der Waals surface area contributed by atoms with E-state index in [-0.39, 0.29) is 6.61 Å². The highest BCUT2D eigenvalue weighted by molar-refractivity contribution is 9.10. The molecule has 1 aromatic rings. The fraction of sp³-hybridized carbons (Fsp3) is 0.500. The molecule has 0 heterocycles. The van der Waals surface area contributed by atoms with E-state index in [2.05, 4.69) is 28.2 Å². The highest BCUT2D eigenvalue weighted by atomic mass is 79.9. The molecule has 0 aliphatic carbocycles. The van der Waals surface area contributed by atoms with Crippen molar-refractivity contribution < 1.29 is 9.84 Å². The minimum atomic E-state index is 0.0285. The molecule has 0 saturated carbocycles. The van der Waals surface area contributed by atoms with Crippen LogP contribution >= 0.6 is 15.9 Å². The minimum Gasteiger partial charge on any atom is -0.392 e. The van der Waals surface area contributed by atoms with Crippen molar-refractivity contribution in [3.05, 3.63) is 28.2 Å². The van der Waals surface area contributed by atoms with Crippen LogP contribution in [0, 0.1) is 0 Å². The van der Waals surface area contributed by atoms with Crippen LogP contribution in [0.1, 0.15) is 18.9 Å². The van der Waals surface area contributed by atoms with E-state index in [0.29, 0.717) is 6.04 Å². The number of methoxy groups -OCH3 is 1. The van der Waals surface area contributed by atoms with E-state index in [1.54, 1.807) is 7.11 Å². The zero-order chi connectivity index (χ0) is 12.0. The number of benzene rings is 1. The zero-order valence-corrected chi connectivity index (χ0v) is 11.3. The molecule has 2 N–H and O–H groups in total. The first-order chi connectivity index (χ1) is 7.69. The largest absolute Gasteiger partial charge is 0.392 e. The second-order valence-corrected chi connectivity index (χ2v) is 4.61. The van der Waals surface area contributed by atoms with Crippen molar-refractivity contribution in [2.24, 2.45) is 0 Å². The van der Waals surface area contributed by atoms with E-state index in [1.165, 1.54) is 0 Å². The van der Waals surface area contributed by atoms with Gasteiger partial charge in [-0.25, -0.2) is 0 Å². The SMILES string of the molecule is COCCC(C)Nc1cccc(Br)c1CO. The monoisotopic (exact) mass is 287 g/mol. The Hall–Kier alpha value is -0.580. The van der Waals surface area contributed by atoms with Gasteiger partial charge in [0, 0.05) is 35.5 Å². The van der Waals surface area contributed by atoms with Gasteiger partial charge in [0.25, 0.3) is 0 Å². The lowest BCUT2D eigenvalue weighted by Crippen LogP contribution is -2.18. The van der Waals surface area contributed by atoms with Gasteiger partial charge >= 0.3 is 0 Å². The summed E-state index contributed by atoms with van der Waals surface area (Å²) in [6, 6.07) is 6.17. The average molecular weight is 288 g/mol. The molecular formula is C12H18BrNO2. The molecule has 0 amide bonds. The number of ether oxygens (including phenoxy) is 1. The van der Waals surface area contributed by atoms with Gasteiger partial charge in [-0.05, 0) is 25.5 Å². The Morgan fingerprint density at radius 2 is 2.25 bits per heavy atom. The average Bonchev–Trinajstić information content (AvgIpc) is 2.27. The molecule has 1 unspecified atom stereocenters. The van der Waals surface area contributed by atoms with Crippen molar-refractivity contribution in [1.29, 1.82) is 0 Å². The molecular weight excluding hydrogens is 270 g/mol. The number of hydrogen-bond donors (Lipinski definition) is 2. The van der Waals surface area contributed by atoms with Crippen LogP contribution in [0.25, 0.3) is 0 Å². The standard InChI is InChI=1S/C12H18BrNO2/c1-9(6-7-16-2)14-12-5-3-4-11(13)10(12)8-15/h3-5,9,14-15H,6-8H2,1-2H3. The molecule has 90 valence electrons. The number of aliphatic hydroxyl groups excluding tert-OH is 1. The molecule has 0 radical (unpaired) electrons. The van der Waals surface area contributed by atoms with Crippen LogP contribution in [0.4, 0.5) is 5.69 Å². The quantitative estimate of drug-likeness (QED) is 0.845. The van der Waals surface area contributed by atoms with Crippen molar-refractivity contribution in [3.8, 4) is 0 Å². The summed E-state index contributed by atoms with van der Waals surface area (Å²) in [5.74, 6) is 0. The molecule has 0 spiro atoms. The van der Waals surface area contributed by atoms with Gasteiger partial charge in [-0.2, -0.15) is 0 Å². The summed E-state index contributed by atoms with van der Waals surface area (Å²) in [5.41, 5.74) is 1.87. The van der Waals surface area contributed by atoms with E-state index in [9.17, 15) is 5.11 Å². The van der Waals surface area contributed by atoms with Crippen molar-refractivity contribution in [2.45, 2.75) is 26.0 Å². The predicted molar refractivity (Wildman–Crippen MR) is 69.6 cm³/mol. The number of rotatable bonds is 6. The summed E-state index contributed by atoms with van der Waals surface area (Å²) in [4.78, 5) is 0. The Morgan fingerprint density at radius 3 is 2.88 bits per heavy atom. The van der Waals surface area contributed by atoms with Gasteiger partial charge in [0.15, 0.2) is 0 Å². The first kappa shape index (κ1) is 13.5. The molecule has 0 fully saturated rings. The second-order valence-electron chi connectivity index (χ2n) is 3.75. The van der Waals surface area contributed by atoms with Crippen LogP contribution in [0.5, 0.6) is 0 Å². The molecule has 16 heavy (non-hydrogen) atoms. The maximum Gasteiger partial charge on any atom is 0.0713 e. The van der Waals surface area contributed by atoms with Crippen LogP contribution in [-0.2, 0) is 11.3 Å². The van der Waals surface area contributed by atoms with Crippen LogP contribution < -0.4 is 5.32 Å². The van der Waals surface area contributed by atoms with Crippen molar-refractivity contribution in [2.75, 3.05) is 19.0 Å². The highest BCUT2D eigenvalue weighted by Gasteiger charge is 2.08. The lowest BCUT2D eigenvalue weighted by atomic mass is 10.1. The first-order valence-corrected chi connectivity index (χ1v) is 6.12. The van der Waals surface area contributed by atoms with Crippen LogP contribution in [-0.4, -0.2) is 24.9 Å². The lowest BCUT2D eigenvalue weighted by Gasteiger charge is -2.17. The van der Waals surface area contributed by atoms with Gasteiger partial charge in [0.2, 0.25) is 0 Å². The summed E-state index contributed by atoms with van der Waals surface area (Å²) in [5, 5.41) is 12.7. The highest BCUT2D eigenvalue weighted by Crippen LogP contribution is 2.25. The van der Waals surface area contributed by atoms with Gasteiger partial charge in [0.1, 0.15) is 0 Å². The van der Waals surface area contributed by atoms with Gasteiger partial charge in [-0.15, -0.1) is 0 Å². The van der Waals surface area contributed by atoms with Crippen LogP contribution in [0.3, 0.4) is 0 Å². The van der Waals surface area contributed by atoms with E-state index in [0.717, 1.165) is 28.8 Å². The van der Waals surface area contributed by atoms with Crippen molar-refractivity contribution in [1.82, 2.24) is 0 Å². The third kappa shape index (κ3) is 3.77. The Balaban J connectivity index is 2.69. The molecule has 0 aliphatic rings. The number of anilines is 1. The summed E-state index contributed by atoms with van der Waals surface area (Å²) < 4.78 is 5.96. The fourth-order valence-corrected chi connectivity index (χ4v) is 1.98. The van der Waals surface area contributed by atoms with Gasteiger partial charge in [-0.1, -0.05) is 22.0 Å². The van der Waals surface area contributed by atoms with Gasteiger partial charge in [0.05, 0.1) is 6.61 Å². The topological polar surface area (TPSA) is 41.5 Å². The van der Waals surface area contributed by atoms with E-state index >= 15 is 0 Å². The number of nitrogens with one attached hydrogen (secondary N) is 1. The number of hydrogen-bond acceptors (Lipinski definition) is 3. The normalized spacial score (nSPS) is 12.5. The van der Waals surface area contributed by atoms with Crippen LogP contribution in [0.15, 0.2) is 22.7 Å². The van der Waals surface area contributed by atoms with E-state index in [4.69, 9.17) is 4.74 Å². The maximum atomic E-state index is 9.29. The molecule has 1 rings (SSSR count). The number of aliphatic hydroxyl groups is 1. The van der Waals surface area contributed by atoms with E-state index < -0.39 is 0 Å². The molecule has 0 aromatic heterocycles. The fourth-order valence-electron chi connectivity index (χ4n) is 1.49. The Morgan fingerprint density at radius 1 is 1.50 bits per heavy atom. The predicted octanol–water partition coefficient (Wildman–Crippen LogP) is 2.78. The summed E-state index contributed by atoms with van der Waals surface area (Å²) >= 11 is 3.43. The molecule has 0 saturated heterocycles. The smallest absolute Gasteiger partial charge is 0.0713 e. The molecule has 0 bridgehead atoms. The van der Waals surface area contributed by atoms with Gasteiger partial charge < -0.3 is 15.2 Å². The Labute approximate surface area is 105 Å². The lowest BCUT2D eigenvalue weighted by molar-refractivity contribution is 0.191.